The highest BCUT2D eigenvalue weighted by Gasteiger charge is 2.17. The van der Waals surface area contributed by atoms with Crippen molar-refractivity contribution in [3.8, 4) is 11.3 Å². The number of pyridine rings is 1. The van der Waals surface area contributed by atoms with Crippen LogP contribution in [0.3, 0.4) is 0 Å². The quantitative estimate of drug-likeness (QED) is 0.864. The highest BCUT2D eigenvalue weighted by molar-refractivity contribution is 5.93. The number of hydrogen-bond acceptors (Lipinski definition) is 4. The zero-order chi connectivity index (χ0) is 17.2. The fourth-order valence-electron chi connectivity index (χ4n) is 2.46. The minimum Gasteiger partial charge on any atom is -0.465 e. The second-order valence-corrected chi connectivity index (χ2v) is 6.59. The van der Waals surface area contributed by atoms with Crippen LogP contribution in [0, 0.1) is 6.92 Å². The molecular weight excluding hydrogens is 288 g/mol. The summed E-state index contributed by atoms with van der Waals surface area (Å²) in [7, 11) is 3.19. The number of carbonyl (C=O) groups excluding carboxylic acids is 1. The van der Waals surface area contributed by atoms with E-state index in [-0.39, 0.29) is 11.4 Å². The molecule has 0 aliphatic heterocycles. The van der Waals surface area contributed by atoms with Crippen molar-refractivity contribution < 1.29 is 9.53 Å². The summed E-state index contributed by atoms with van der Waals surface area (Å²) in [5, 5.41) is 3.12. The van der Waals surface area contributed by atoms with E-state index in [1.54, 1.807) is 6.07 Å². The van der Waals surface area contributed by atoms with Gasteiger partial charge in [-0.05, 0) is 24.0 Å². The molecule has 0 radical (unpaired) electrons. The van der Waals surface area contributed by atoms with Crippen molar-refractivity contribution in [2.75, 3.05) is 19.5 Å². The second-order valence-electron chi connectivity index (χ2n) is 6.59. The van der Waals surface area contributed by atoms with E-state index in [1.807, 2.05) is 14.0 Å². The van der Waals surface area contributed by atoms with Crippen molar-refractivity contribution in [3.05, 3.63) is 47.2 Å². The highest BCUT2D eigenvalue weighted by Crippen LogP contribution is 2.30. The zero-order valence-corrected chi connectivity index (χ0v) is 14.7. The Labute approximate surface area is 137 Å². The Morgan fingerprint density at radius 2 is 1.78 bits per heavy atom. The molecule has 23 heavy (non-hydrogen) atoms. The number of hydrogen-bond donors (Lipinski definition) is 1. The first-order valence-corrected chi connectivity index (χ1v) is 7.66. The Hall–Kier alpha value is -2.36. The van der Waals surface area contributed by atoms with Gasteiger partial charge in [0.25, 0.3) is 0 Å². The van der Waals surface area contributed by atoms with E-state index in [9.17, 15) is 4.79 Å². The number of aromatic nitrogens is 1. The largest absolute Gasteiger partial charge is 0.465 e. The number of nitrogens with zero attached hydrogens (tertiary/aromatic N) is 1. The van der Waals surface area contributed by atoms with Crippen LogP contribution in [-0.4, -0.2) is 25.1 Å². The Balaban J connectivity index is 2.51. The first-order valence-electron chi connectivity index (χ1n) is 7.66. The number of benzene rings is 1. The molecule has 0 bridgehead atoms. The lowest BCUT2D eigenvalue weighted by Gasteiger charge is -2.19. The van der Waals surface area contributed by atoms with Gasteiger partial charge in [0.15, 0.2) is 0 Å². The van der Waals surface area contributed by atoms with Gasteiger partial charge in [0.2, 0.25) is 0 Å². The molecule has 2 aromatic rings. The van der Waals surface area contributed by atoms with Crippen molar-refractivity contribution in [1.82, 2.24) is 4.98 Å². The SMILES string of the molecule is CNc1cc(C(=O)OC)c(C)nc1-c1ccc(C(C)(C)C)cc1. The third-order valence-electron chi connectivity index (χ3n) is 3.91. The normalized spacial score (nSPS) is 11.2. The molecule has 1 aromatic carbocycles. The summed E-state index contributed by atoms with van der Waals surface area (Å²) in [6.45, 7) is 8.39. The van der Waals surface area contributed by atoms with Gasteiger partial charge < -0.3 is 10.1 Å². The number of aryl methyl sites for hydroxylation is 1. The fourth-order valence-corrected chi connectivity index (χ4v) is 2.46. The van der Waals surface area contributed by atoms with E-state index in [1.165, 1.54) is 12.7 Å². The maximum absolute atomic E-state index is 11.8. The average Bonchev–Trinajstić information content (AvgIpc) is 2.53. The van der Waals surface area contributed by atoms with Gasteiger partial charge >= 0.3 is 5.97 Å². The highest BCUT2D eigenvalue weighted by atomic mass is 16.5. The molecule has 0 unspecified atom stereocenters. The first kappa shape index (κ1) is 17.0. The van der Waals surface area contributed by atoms with Gasteiger partial charge in [-0.15, -0.1) is 0 Å². The van der Waals surface area contributed by atoms with Crippen LogP contribution in [0.5, 0.6) is 0 Å². The summed E-state index contributed by atoms with van der Waals surface area (Å²) in [6.07, 6.45) is 0. The number of nitrogens with one attached hydrogen (secondary N) is 1. The summed E-state index contributed by atoms with van der Waals surface area (Å²) >= 11 is 0. The summed E-state index contributed by atoms with van der Waals surface area (Å²) in [5.74, 6) is -0.374. The van der Waals surface area contributed by atoms with Crippen LogP contribution in [-0.2, 0) is 10.2 Å². The summed E-state index contributed by atoms with van der Waals surface area (Å²) in [6, 6.07) is 10.2. The molecule has 0 aliphatic carbocycles. The topological polar surface area (TPSA) is 51.2 Å². The number of esters is 1. The Kier molecular flexibility index (Phi) is 4.73. The van der Waals surface area contributed by atoms with E-state index in [0.717, 1.165) is 16.9 Å². The molecule has 0 spiro atoms. The van der Waals surface area contributed by atoms with Crippen molar-refractivity contribution >= 4 is 11.7 Å². The molecule has 0 aliphatic rings. The molecule has 0 saturated heterocycles. The molecule has 1 aromatic heterocycles. The van der Waals surface area contributed by atoms with Gasteiger partial charge in [0, 0.05) is 12.6 Å². The second kappa shape index (κ2) is 6.41. The number of methoxy groups -OCH3 is 1. The lowest BCUT2D eigenvalue weighted by Crippen LogP contribution is -2.11. The molecule has 2 rings (SSSR count). The summed E-state index contributed by atoms with van der Waals surface area (Å²) in [5.41, 5.74) is 5.18. The maximum atomic E-state index is 11.8. The van der Waals surface area contributed by atoms with Gasteiger partial charge in [-0.2, -0.15) is 0 Å². The Morgan fingerprint density at radius 3 is 2.26 bits per heavy atom. The van der Waals surface area contributed by atoms with Gasteiger partial charge in [-0.3, -0.25) is 4.98 Å². The van der Waals surface area contributed by atoms with Crippen LogP contribution < -0.4 is 5.32 Å². The molecule has 0 fully saturated rings. The number of ether oxygens (including phenoxy) is 1. The van der Waals surface area contributed by atoms with E-state index in [0.29, 0.717) is 11.3 Å². The third kappa shape index (κ3) is 3.52. The minimum absolute atomic E-state index is 0.114. The van der Waals surface area contributed by atoms with E-state index >= 15 is 0 Å². The standard InChI is InChI=1S/C19H24N2O2/c1-12-15(18(22)23-6)11-16(20-5)17(21-12)13-7-9-14(10-8-13)19(2,3)4/h7-11,20H,1-6H3. The van der Waals surface area contributed by atoms with Crippen LogP contribution in [0.2, 0.25) is 0 Å². The Morgan fingerprint density at radius 1 is 1.17 bits per heavy atom. The van der Waals surface area contributed by atoms with Crippen LogP contribution in [0.4, 0.5) is 5.69 Å². The van der Waals surface area contributed by atoms with Crippen molar-refractivity contribution in [2.24, 2.45) is 0 Å². The summed E-state index contributed by atoms with van der Waals surface area (Å²) in [4.78, 5) is 16.4. The molecular formula is C19H24N2O2. The fraction of sp³-hybridized carbons (Fsp3) is 0.368. The number of carbonyl (C=O) groups is 1. The maximum Gasteiger partial charge on any atom is 0.339 e. The van der Waals surface area contributed by atoms with Crippen molar-refractivity contribution in [1.29, 1.82) is 0 Å². The lowest BCUT2D eigenvalue weighted by atomic mass is 9.86. The van der Waals surface area contributed by atoms with Crippen molar-refractivity contribution in [3.63, 3.8) is 0 Å². The third-order valence-corrected chi connectivity index (χ3v) is 3.91. The molecule has 1 heterocycles. The lowest BCUT2D eigenvalue weighted by molar-refractivity contribution is 0.0599. The van der Waals surface area contributed by atoms with Gasteiger partial charge in [0.05, 0.1) is 29.7 Å². The molecule has 0 amide bonds. The predicted octanol–water partition coefficient (Wildman–Crippen LogP) is 4.18. The van der Waals surface area contributed by atoms with E-state index in [2.05, 4.69) is 55.3 Å². The van der Waals surface area contributed by atoms with E-state index < -0.39 is 0 Å². The monoisotopic (exact) mass is 312 g/mol. The molecule has 0 saturated carbocycles. The van der Waals surface area contributed by atoms with Crippen LogP contribution >= 0.6 is 0 Å². The average molecular weight is 312 g/mol. The van der Waals surface area contributed by atoms with Crippen molar-refractivity contribution in [2.45, 2.75) is 33.1 Å². The predicted molar refractivity (Wildman–Crippen MR) is 94.0 cm³/mol. The number of anilines is 1. The van der Waals surface area contributed by atoms with Gasteiger partial charge in [-0.25, -0.2) is 4.79 Å². The zero-order valence-electron chi connectivity index (χ0n) is 14.7. The van der Waals surface area contributed by atoms with Crippen LogP contribution in [0.15, 0.2) is 30.3 Å². The molecule has 1 N–H and O–H groups in total. The first-order chi connectivity index (χ1) is 10.8. The molecule has 4 nitrogen and oxygen atoms in total. The van der Waals surface area contributed by atoms with Gasteiger partial charge in [-0.1, -0.05) is 45.0 Å². The molecule has 122 valence electrons. The molecule has 4 heteroatoms. The summed E-state index contributed by atoms with van der Waals surface area (Å²) < 4.78 is 4.81. The van der Waals surface area contributed by atoms with Crippen LogP contribution in [0.25, 0.3) is 11.3 Å². The Bertz CT molecular complexity index is 713. The van der Waals surface area contributed by atoms with Crippen LogP contribution in [0.1, 0.15) is 42.4 Å². The smallest absolute Gasteiger partial charge is 0.339 e. The van der Waals surface area contributed by atoms with Gasteiger partial charge in [0.1, 0.15) is 0 Å². The minimum atomic E-state index is -0.374. The van der Waals surface area contributed by atoms with E-state index in [4.69, 9.17) is 4.74 Å². The number of rotatable bonds is 3. The molecule has 0 atom stereocenters.